The van der Waals surface area contributed by atoms with E-state index in [2.05, 4.69) is 75.3 Å². The van der Waals surface area contributed by atoms with Gasteiger partial charge >= 0.3 is 0 Å². The fourth-order valence-corrected chi connectivity index (χ4v) is 8.06. The summed E-state index contributed by atoms with van der Waals surface area (Å²) in [7, 11) is 0. The Morgan fingerprint density at radius 3 is 2.30 bits per heavy atom. The van der Waals surface area contributed by atoms with Crippen molar-refractivity contribution in [3.8, 4) is 0 Å². The number of unbranched alkanes of at least 4 members (excludes halogenated alkanes) is 2. The molecule has 5 rings (SSSR count). The highest BCUT2D eigenvalue weighted by Crippen LogP contribution is 2.48. The van der Waals surface area contributed by atoms with Gasteiger partial charge in [0, 0.05) is 64.0 Å². The minimum Gasteiger partial charge on any atom is -0.344 e. The summed E-state index contributed by atoms with van der Waals surface area (Å²) in [5, 5.41) is 0.798. The van der Waals surface area contributed by atoms with E-state index >= 15 is 0 Å². The fourth-order valence-electron chi connectivity index (χ4n) is 6.62. The Balaban J connectivity index is 1.50. The molecule has 0 fully saturated rings. The molecule has 0 bridgehead atoms. The van der Waals surface area contributed by atoms with Gasteiger partial charge in [0.25, 0.3) is 0 Å². The molecule has 0 aromatic heterocycles. The molecular formula is C37H44ClF2N2S+. The Morgan fingerprint density at radius 2 is 1.58 bits per heavy atom. The van der Waals surface area contributed by atoms with Crippen molar-refractivity contribution >= 4 is 40.4 Å². The first-order chi connectivity index (χ1) is 20.5. The van der Waals surface area contributed by atoms with E-state index in [-0.39, 0.29) is 22.5 Å². The minimum absolute atomic E-state index is 0.197. The second-order valence-electron chi connectivity index (χ2n) is 12.9. The largest absolute Gasteiger partial charge is 0.344 e. The first-order valence-corrected chi connectivity index (χ1v) is 17.1. The molecule has 3 heterocycles. The lowest BCUT2D eigenvalue weighted by molar-refractivity contribution is -0.438. The Kier molecular flexibility index (Phi) is 9.44. The van der Waals surface area contributed by atoms with Gasteiger partial charge in [0.05, 0.1) is 5.41 Å². The molecule has 2 aromatic carbocycles. The van der Waals surface area contributed by atoms with Gasteiger partial charge in [0.1, 0.15) is 18.2 Å². The summed E-state index contributed by atoms with van der Waals surface area (Å²) in [4.78, 5) is 2.36. The van der Waals surface area contributed by atoms with E-state index in [1.807, 2.05) is 23.9 Å². The van der Waals surface area contributed by atoms with Gasteiger partial charge in [-0.3, -0.25) is 0 Å². The Morgan fingerprint density at radius 1 is 0.884 bits per heavy atom. The lowest BCUT2D eigenvalue weighted by Crippen LogP contribution is -2.28. The van der Waals surface area contributed by atoms with Gasteiger partial charge in [-0.25, -0.2) is 8.78 Å². The van der Waals surface area contributed by atoms with Crippen LogP contribution in [0, 0.1) is 11.6 Å². The number of halogens is 3. The smallest absolute Gasteiger partial charge is 0.209 e. The van der Waals surface area contributed by atoms with Crippen LogP contribution in [-0.2, 0) is 10.8 Å². The van der Waals surface area contributed by atoms with Gasteiger partial charge in [-0.15, -0.1) is 0 Å². The second kappa shape index (κ2) is 12.8. The summed E-state index contributed by atoms with van der Waals surface area (Å²) in [5.41, 5.74) is 8.16. The van der Waals surface area contributed by atoms with Gasteiger partial charge in [0.15, 0.2) is 5.71 Å². The van der Waals surface area contributed by atoms with Crippen molar-refractivity contribution in [2.75, 3.05) is 29.5 Å². The molecule has 0 amide bonds. The van der Waals surface area contributed by atoms with Crippen molar-refractivity contribution in [2.24, 2.45) is 0 Å². The van der Waals surface area contributed by atoms with E-state index in [1.54, 1.807) is 24.3 Å². The van der Waals surface area contributed by atoms with Gasteiger partial charge in [-0.05, 0) is 73.4 Å². The van der Waals surface area contributed by atoms with Crippen LogP contribution in [0.1, 0.15) is 78.4 Å². The molecule has 0 saturated heterocycles. The predicted molar refractivity (Wildman–Crippen MR) is 181 cm³/mol. The maximum atomic E-state index is 14.3. The zero-order valence-corrected chi connectivity index (χ0v) is 27.9. The second-order valence-corrected chi connectivity index (χ2v) is 14.2. The standard InChI is InChI=1S/C37H44ClF2N2S/c1-7-9-19-41-31-15-13-27(39)21-29(31)36(3,4)33(41)17-11-25-23-43-24-26(35(25)38)12-18-34-37(5,6)30-22-28(40)14-16-32(30)42(34)20-10-8-2/h11-18,21-22H,7-10,19-20,23-24H2,1-6H3/q+1. The van der Waals surface area contributed by atoms with Gasteiger partial charge < -0.3 is 4.90 Å². The van der Waals surface area contributed by atoms with Crippen molar-refractivity contribution < 1.29 is 13.4 Å². The number of fused-ring (bicyclic) bond motifs is 2. The summed E-state index contributed by atoms with van der Waals surface area (Å²) in [6, 6.07) is 10.3. The highest BCUT2D eigenvalue weighted by atomic mass is 35.5. The normalized spacial score (nSPS) is 21.1. The quantitative estimate of drug-likeness (QED) is 0.257. The van der Waals surface area contributed by atoms with E-state index in [0.29, 0.717) is 0 Å². The number of benzene rings is 2. The minimum atomic E-state index is -0.315. The first-order valence-electron chi connectivity index (χ1n) is 15.6. The number of hydrogen-bond donors (Lipinski definition) is 0. The maximum absolute atomic E-state index is 14.3. The number of allylic oxidation sites excluding steroid dienone is 6. The summed E-state index contributed by atoms with van der Waals surface area (Å²) in [5.74, 6) is 1.29. The lowest BCUT2D eigenvalue weighted by Gasteiger charge is -2.27. The van der Waals surface area contributed by atoms with Crippen LogP contribution in [-0.4, -0.2) is 34.9 Å². The van der Waals surface area contributed by atoms with E-state index in [1.165, 1.54) is 11.4 Å². The van der Waals surface area contributed by atoms with E-state index in [4.69, 9.17) is 11.6 Å². The first kappa shape index (κ1) is 31.8. The molecular weight excluding hydrogens is 578 g/mol. The van der Waals surface area contributed by atoms with Crippen molar-refractivity contribution in [2.45, 2.75) is 78.1 Å². The third-order valence-electron chi connectivity index (χ3n) is 9.14. The van der Waals surface area contributed by atoms with Gasteiger partial charge in [-0.2, -0.15) is 16.3 Å². The number of nitrogens with zero attached hydrogens (tertiary/aromatic N) is 2. The molecule has 0 spiro atoms. The maximum Gasteiger partial charge on any atom is 0.209 e. The molecule has 2 nitrogen and oxygen atoms in total. The Bertz CT molecular complexity index is 1560. The SMILES string of the molecule is CCCCN1/C(=C/C=C2\CSCC(/C=C/C3=[N+](CCCC)c4ccc(F)cc4C3(C)C)=C2Cl)C(C)(C)c2cc(F)ccc21. The summed E-state index contributed by atoms with van der Waals surface area (Å²) in [6.45, 7) is 14.9. The predicted octanol–water partition coefficient (Wildman–Crippen LogP) is 10.3. The molecule has 0 saturated carbocycles. The molecule has 0 N–H and O–H groups in total. The monoisotopic (exact) mass is 621 g/mol. The molecule has 3 aliphatic heterocycles. The van der Waals surface area contributed by atoms with E-state index < -0.39 is 0 Å². The Hall–Kier alpha value is -2.63. The molecule has 3 aliphatic rings. The van der Waals surface area contributed by atoms with E-state index in [0.717, 1.165) is 89.0 Å². The van der Waals surface area contributed by atoms with Crippen molar-refractivity contribution in [3.63, 3.8) is 0 Å². The molecule has 0 radical (unpaired) electrons. The molecule has 0 atom stereocenters. The van der Waals surface area contributed by atoms with Crippen LogP contribution in [0.15, 0.2) is 82.6 Å². The van der Waals surface area contributed by atoms with Crippen LogP contribution >= 0.6 is 23.4 Å². The molecule has 43 heavy (non-hydrogen) atoms. The zero-order valence-electron chi connectivity index (χ0n) is 26.4. The zero-order chi connectivity index (χ0) is 30.9. The fraction of sp³-hybridized carbons (Fsp3) is 0.432. The van der Waals surface area contributed by atoms with Crippen molar-refractivity contribution in [3.05, 3.63) is 105 Å². The van der Waals surface area contributed by atoms with Crippen LogP contribution in [0.25, 0.3) is 0 Å². The summed E-state index contributed by atoms with van der Waals surface area (Å²) < 4.78 is 30.9. The number of thioether (sulfide) groups is 1. The highest BCUT2D eigenvalue weighted by Gasteiger charge is 2.44. The summed E-state index contributed by atoms with van der Waals surface area (Å²) in [6.07, 6.45) is 13.0. The third kappa shape index (κ3) is 6.04. The lowest BCUT2D eigenvalue weighted by atomic mass is 9.81. The van der Waals surface area contributed by atoms with Crippen molar-refractivity contribution in [1.29, 1.82) is 0 Å². The van der Waals surface area contributed by atoms with Crippen molar-refractivity contribution in [1.82, 2.24) is 0 Å². The average Bonchev–Trinajstić information content (AvgIpc) is 3.31. The van der Waals surface area contributed by atoms with Crippen LogP contribution in [0.3, 0.4) is 0 Å². The molecule has 0 aliphatic carbocycles. The molecule has 228 valence electrons. The number of rotatable bonds is 9. The molecule has 6 heteroatoms. The van der Waals surface area contributed by atoms with Crippen LogP contribution in [0.5, 0.6) is 0 Å². The topological polar surface area (TPSA) is 6.25 Å². The number of hydrogen-bond acceptors (Lipinski definition) is 2. The molecule has 2 aromatic rings. The van der Waals surface area contributed by atoms with Gasteiger partial charge in [0.2, 0.25) is 5.69 Å². The highest BCUT2D eigenvalue weighted by molar-refractivity contribution is 7.99. The van der Waals surface area contributed by atoms with Crippen LogP contribution < -0.4 is 4.90 Å². The van der Waals surface area contributed by atoms with Crippen LogP contribution in [0.4, 0.5) is 20.2 Å². The van der Waals surface area contributed by atoms with Crippen LogP contribution in [0.2, 0.25) is 0 Å². The number of anilines is 1. The average molecular weight is 622 g/mol. The Labute approximate surface area is 265 Å². The molecule has 0 unspecified atom stereocenters. The summed E-state index contributed by atoms with van der Waals surface area (Å²) >= 11 is 8.96. The van der Waals surface area contributed by atoms with E-state index in [9.17, 15) is 8.78 Å². The van der Waals surface area contributed by atoms with Gasteiger partial charge in [-0.1, -0.05) is 64.3 Å². The third-order valence-corrected chi connectivity index (χ3v) is 10.7.